The van der Waals surface area contributed by atoms with E-state index in [-0.39, 0.29) is 24.4 Å². The molecule has 0 saturated carbocycles. The Kier molecular flexibility index (Phi) is 6.49. The van der Waals surface area contributed by atoms with Gasteiger partial charge in [0.2, 0.25) is 0 Å². The molecule has 2 aromatic rings. The van der Waals surface area contributed by atoms with Gasteiger partial charge in [-0.3, -0.25) is 5.10 Å². The molecule has 0 radical (unpaired) electrons. The van der Waals surface area contributed by atoms with E-state index >= 15 is 0 Å². The summed E-state index contributed by atoms with van der Waals surface area (Å²) in [7, 11) is 0. The van der Waals surface area contributed by atoms with Gasteiger partial charge in [0.05, 0.1) is 11.7 Å². The van der Waals surface area contributed by atoms with Gasteiger partial charge < -0.3 is 15.0 Å². The minimum Gasteiger partial charge on any atom is -0.435 e. The minimum atomic E-state index is -2.87. The highest BCUT2D eigenvalue weighted by molar-refractivity contribution is 5.75. The Hall–Kier alpha value is -2.64. The van der Waals surface area contributed by atoms with E-state index < -0.39 is 6.61 Å². The average Bonchev–Trinajstić information content (AvgIpc) is 2.85. The predicted molar refractivity (Wildman–Crippen MR) is 101 cm³/mol. The molecule has 152 valence electrons. The molecule has 1 aliphatic heterocycles. The first-order chi connectivity index (χ1) is 13.5. The number of aryl methyl sites for hydroxylation is 2. The van der Waals surface area contributed by atoms with Crippen molar-refractivity contribution in [3.8, 4) is 5.75 Å². The zero-order chi connectivity index (χ0) is 20.1. The molecule has 28 heavy (non-hydrogen) atoms. The third kappa shape index (κ3) is 4.79. The Labute approximate surface area is 163 Å². The molecule has 0 unspecified atom stereocenters. The quantitative estimate of drug-likeness (QED) is 0.790. The molecule has 2 N–H and O–H groups in total. The lowest BCUT2D eigenvalue weighted by Gasteiger charge is -2.30. The zero-order valence-corrected chi connectivity index (χ0v) is 16.2. The van der Waals surface area contributed by atoms with Gasteiger partial charge in [-0.15, -0.1) is 0 Å². The van der Waals surface area contributed by atoms with E-state index in [4.69, 9.17) is 0 Å². The van der Waals surface area contributed by atoms with Gasteiger partial charge in [-0.25, -0.2) is 4.79 Å². The van der Waals surface area contributed by atoms with Crippen LogP contribution in [0.1, 0.15) is 54.2 Å². The number of H-pyrrole nitrogens is 1. The summed E-state index contributed by atoms with van der Waals surface area (Å²) in [5.74, 6) is 0.0824. The van der Waals surface area contributed by atoms with Crippen molar-refractivity contribution in [1.82, 2.24) is 20.4 Å². The molecular formula is C20H26F2N4O2. The standard InChI is InChI=1S/C20H26F2N4O2/c1-13-18(14(2)25-24-13)17-9-4-3-5-10-26(17)20(27)23-12-15-7-6-8-16(11-15)28-19(21)22/h6-8,11,17,19H,3-5,9-10,12H2,1-2H3,(H,23,27)(H,24,25)/t17-/m0/s1. The molecule has 0 bridgehead atoms. The number of nitrogens with one attached hydrogen (secondary N) is 2. The SMILES string of the molecule is Cc1n[nH]c(C)c1[C@@H]1CCCCCN1C(=O)NCc1cccc(OC(F)F)c1. The topological polar surface area (TPSA) is 70.2 Å². The number of amides is 2. The fraction of sp³-hybridized carbons (Fsp3) is 0.500. The van der Waals surface area contributed by atoms with E-state index in [1.165, 1.54) is 12.1 Å². The molecule has 2 heterocycles. The summed E-state index contributed by atoms with van der Waals surface area (Å²) >= 11 is 0. The van der Waals surface area contributed by atoms with Crippen molar-refractivity contribution < 1.29 is 18.3 Å². The Morgan fingerprint density at radius 1 is 1.36 bits per heavy atom. The summed E-state index contributed by atoms with van der Waals surface area (Å²) in [6, 6.07) is 6.19. The van der Waals surface area contributed by atoms with Crippen LogP contribution < -0.4 is 10.1 Å². The van der Waals surface area contributed by atoms with Gasteiger partial charge in [0.15, 0.2) is 0 Å². The van der Waals surface area contributed by atoms with Gasteiger partial charge in [-0.2, -0.15) is 13.9 Å². The third-order valence-electron chi connectivity index (χ3n) is 5.10. The van der Waals surface area contributed by atoms with Crippen LogP contribution in [0, 0.1) is 13.8 Å². The van der Waals surface area contributed by atoms with Crippen LogP contribution in [0.15, 0.2) is 24.3 Å². The summed E-state index contributed by atoms with van der Waals surface area (Å²) in [6.45, 7) is 1.98. The molecule has 1 saturated heterocycles. The van der Waals surface area contributed by atoms with Gasteiger partial charge in [0.25, 0.3) is 0 Å². The molecule has 1 fully saturated rings. The van der Waals surface area contributed by atoms with Crippen molar-refractivity contribution in [2.24, 2.45) is 0 Å². The highest BCUT2D eigenvalue weighted by Crippen LogP contribution is 2.33. The number of benzene rings is 1. The van der Waals surface area contributed by atoms with E-state index in [1.807, 2.05) is 18.7 Å². The molecule has 6 nitrogen and oxygen atoms in total. The highest BCUT2D eigenvalue weighted by atomic mass is 19.3. The van der Waals surface area contributed by atoms with Crippen molar-refractivity contribution in [2.45, 2.75) is 58.7 Å². The molecule has 3 rings (SSSR count). The van der Waals surface area contributed by atoms with Gasteiger partial charge in [0, 0.05) is 24.3 Å². The van der Waals surface area contributed by atoms with Gasteiger partial charge in [-0.05, 0) is 44.4 Å². The van der Waals surface area contributed by atoms with Crippen LogP contribution >= 0.6 is 0 Å². The number of aromatic nitrogens is 2. The lowest BCUT2D eigenvalue weighted by atomic mass is 9.99. The molecule has 1 atom stereocenters. The van der Waals surface area contributed by atoms with Crippen molar-refractivity contribution >= 4 is 6.03 Å². The first-order valence-corrected chi connectivity index (χ1v) is 9.55. The van der Waals surface area contributed by atoms with Crippen LogP contribution in [0.4, 0.5) is 13.6 Å². The maximum Gasteiger partial charge on any atom is 0.387 e. The number of likely N-dealkylation sites (tertiary alicyclic amines) is 1. The smallest absolute Gasteiger partial charge is 0.387 e. The van der Waals surface area contributed by atoms with Crippen LogP contribution in [0.5, 0.6) is 5.75 Å². The lowest BCUT2D eigenvalue weighted by Crippen LogP contribution is -2.42. The number of urea groups is 1. The number of hydrogen-bond donors (Lipinski definition) is 2. The number of carbonyl (C=O) groups excluding carboxylic acids is 1. The van der Waals surface area contributed by atoms with Gasteiger partial charge in [0.1, 0.15) is 5.75 Å². The zero-order valence-electron chi connectivity index (χ0n) is 16.2. The monoisotopic (exact) mass is 392 g/mol. The number of aromatic amines is 1. The number of ether oxygens (including phenoxy) is 1. The molecule has 1 aliphatic rings. The van der Waals surface area contributed by atoms with Gasteiger partial charge >= 0.3 is 12.6 Å². The van der Waals surface area contributed by atoms with Gasteiger partial charge in [-0.1, -0.05) is 25.0 Å². The number of hydrogen-bond acceptors (Lipinski definition) is 3. The number of alkyl halides is 2. The summed E-state index contributed by atoms with van der Waals surface area (Å²) < 4.78 is 29.2. The molecule has 2 amide bonds. The Bertz CT molecular complexity index is 790. The predicted octanol–water partition coefficient (Wildman–Crippen LogP) is 4.45. The molecule has 1 aromatic carbocycles. The van der Waals surface area contributed by atoms with Crippen molar-refractivity contribution in [3.05, 3.63) is 46.8 Å². The van der Waals surface area contributed by atoms with Crippen LogP contribution in [-0.2, 0) is 6.54 Å². The van der Waals surface area contributed by atoms with E-state index in [0.29, 0.717) is 12.1 Å². The third-order valence-corrected chi connectivity index (χ3v) is 5.10. The highest BCUT2D eigenvalue weighted by Gasteiger charge is 2.30. The van der Waals surface area contributed by atoms with Crippen LogP contribution in [-0.4, -0.2) is 34.3 Å². The largest absolute Gasteiger partial charge is 0.435 e. The molecule has 1 aromatic heterocycles. The number of halogens is 2. The summed E-state index contributed by atoms with van der Waals surface area (Å²) in [5, 5.41) is 10.2. The van der Waals surface area contributed by atoms with Crippen molar-refractivity contribution in [2.75, 3.05) is 6.54 Å². The van der Waals surface area contributed by atoms with Crippen molar-refractivity contribution in [3.63, 3.8) is 0 Å². The van der Waals surface area contributed by atoms with E-state index in [1.54, 1.807) is 12.1 Å². The molecular weight excluding hydrogens is 366 g/mol. The minimum absolute atomic E-state index is 0.0187. The molecule has 0 spiro atoms. The summed E-state index contributed by atoms with van der Waals surface area (Å²) in [4.78, 5) is 14.8. The van der Waals surface area contributed by atoms with Crippen molar-refractivity contribution in [1.29, 1.82) is 0 Å². The van der Waals surface area contributed by atoms with E-state index in [0.717, 1.165) is 42.6 Å². The van der Waals surface area contributed by atoms with E-state index in [9.17, 15) is 13.6 Å². The Morgan fingerprint density at radius 3 is 2.89 bits per heavy atom. The molecule has 8 heteroatoms. The van der Waals surface area contributed by atoms with Crippen LogP contribution in [0.3, 0.4) is 0 Å². The van der Waals surface area contributed by atoms with Crippen LogP contribution in [0.25, 0.3) is 0 Å². The maximum atomic E-state index is 12.9. The number of rotatable bonds is 5. The second-order valence-electron chi connectivity index (χ2n) is 7.09. The van der Waals surface area contributed by atoms with E-state index in [2.05, 4.69) is 20.3 Å². The Morgan fingerprint density at radius 2 is 2.18 bits per heavy atom. The second kappa shape index (κ2) is 9.03. The fourth-order valence-electron chi connectivity index (χ4n) is 3.81. The second-order valence-corrected chi connectivity index (χ2v) is 7.09. The normalized spacial score (nSPS) is 17.5. The Balaban J connectivity index is 1.71. The first-order valence-electron chi connectivity index (χ1n) is 9.55. The maximum absolute atomic E-state index is 12.9. The summed E-state index contributed by atoms with van der Waals surface area (Å²) in [6.07, 6.45) is 4.00. The number of nitrogens with zero attached hydrogens (tertiary/aromatic N) is 2. The molecule has 0 aliphatic carbocycles. The first kappa shape index (κ1) is 20.1. The van der Waals surface area contributed by atoms with Crippen LogP contribution in [0.2, 0.25) is 0 Å². The average molecular weight is 392 g/mol. The number of carbonyl (C=O) groups is 1. The summed E-state index contributed by atoms with van der Waals surface area (Å²) in [5.41, 5.74) is 3.69. The fourth-order valence-corrected chi connectivity index (χ4v) is 3.81. The lowest BCUT2D eigenvalue weighted by molar-refractivity contribution is -0.0498.